The molecule has 1 heterocycles. The summed E-state index contributed by atoms with van der Waals surface area (Å²) in [5.41, 5.74) is 1.75. The van der Waals surface area contributed by atoms with E-state index >= 15 is 0 Å². The van der Waals surface area contributed by atoms with Crippen LogP contribution in [-0.4, -0.2) is 31.0 Å². The first-order chi connectivity index (χ1) is 17.2. The van der Waals surface area contributed by atoms with Crippen LogP contribution in [0.5, 0.6) is 11.5 Å². The summed E-state index contributed by atoms with van der Waals surface area (Å²) >= 11 is 12.2. The second-order valence-corrected chi connectivity index (χ2v) is 8.86. The first-order valence-electron chi connectivity index (χ1n) is 11.0. The van der Waals surface area contributed by atoms with Gasteiger partial charge in [0.25, 0.3) is 11.7 Å². The number of nitrogens with zero attached hydrogens (tertiary/aromatic N) is 1. The fraction of sp³-hybridized carbons (Fsp3) is 0.185. The van der Waals surface area contributed by atoms with E-state index < -0.39 is 29.3 Å². The number of amides is 1. The predicted octanol–water partition coefficient (Wildman–Crippen LogP) is 6.34. The largest absolute Gasteiger partial charge is 0.507 e. The maximum absolute atomic E-state index is 13.9. The van der Waals surface area contributed by atoms with E-state index in [1.54, 1.807) is 12.1 Å². The Kier molecular flexibility index (Phi) is 7.24. The topological polar surface area (TPSA) is 76.1 Å². The minimum absolute atomic E-state index is 0.115. The van der Waals surface area contributed by atoms with Gasteiger partial charge >= 0.3 is 0 Å². The minimum atomic E-state index is -1.02. The number of methoxy groups -OCH3 is 2. The molecule has 0 radical (unpaired) electrons. The molecule has 9 heteroatoms. The van der Waals surface area contributed by atoms with Gasteiger partial charge in [0.1, 0.15) is 23.1 Å². The van der Waals surface area contributed by atoms with Crippen molar-refractivity contribution < 1.29 is 28.6 Å². The Bertz CT molecular complexity index is 1390. The van der Waals surface area contributed by atoms with Crippen LogP contribution in [0.15, 0.2) is 60.2 Å². The molecule has 186 valence electrons. The summed E-state index contributed by atoms with van der Waals surface area (Å²) in [5, 5.41) is 11.5. The van der Waals surface area contributed by atoms with E-state index in [2.05, 4.69) is 0 Å². The molecule has 1 fully saturated rings. The number of carbonyl (C=O) groups excluding carboxylic acids is 2. The number of aliphatic hydroxyl groups excluding tert-OH is 1. The molecule has 36 heavy (non-hydrogen) atoms. The lowest BCUT2D eigenvalue weighted by molar-refractivity contribution is -0.132. The standard InChI is InChI=1S/C27H22Cl2FNO5/c1-4-14-5-7-15(8-6-14)24-23(25(32)17-12-22(36-3)19(29)13-21(17)35-2)26(33)27(34)31(24)16-9-10-20(30)18(28)11-16/h5-13,24,32H,4H2,1-3H3/b25-23+. The van der Waals surface area contributed by atoms with E-state index in [0.717, 1.165) is 18.1 Å². The number of hydrogen-bond donors (Lipinski definition) is 1. The van der Waals surface area contributed by atoms with E-state index in [4.69, 9.17) is 32.7 Å². The van der Waals surface area contributed by atoms with E-state index in [0.29, 0.717) is 5.56 Å². The zero-order valence-corrected chi connectivity index (χ0v) is 21.2. The molecule has 0 saturated carbocycles. The maximum atomic E-state index is 13.9. The number of anilines is 1. The maximum Gasteiger partial charge on any atom is 0.300 e. The summed E-state index contributed by atoms with van der Waals surface area (Å²) in [6.07, 6.45) is 0.788. The Balaban J connectivity index is 1.99. The van der Waals surface area contributed by atoms with Crippen LogP contribution in [0.2, 0.25) is 10.0 Å². The van der Waals surface area contributed by atoms with E-state index in [9.17, 15) is 19.1 Å². The van der Waals surface area contributed by atoms with Crippen LogP contribution >= 0.6 is 23.2 Å². The molecule has 1 amide bonds. The molecule has 1 saturated heterocycles. The van der Waals surface area contributed by atoms with Gasteiger partial charge in [-0.2, -0.15) is 0 Å². The van der Waals surface area contributed by atoms with Gasteiger partial charge < -0.3 is 14.6 Å². The smallest absolute Gasteiger partial charge is 0.300 e. The second kappa shape index (κ2) is 10.2. The van der Waals surface area contributed by atoms with Crippen LogP contribution < -0.4 is 14.4 Å². The van der Waals surface area contributed by atoms with Gasteiger partial charge in [-0.3, -0.25) is 14.5 Å². The lowest BCUT2D eigenvalue weighted by Crippen LogP contribution is -2.29. The number of Topliss-reactive ketones (excluding diaryl/α,β-unsaturated/α-hetero) is 1. The van der Waals surface area contributed by atoms with Crippen LogP contribution in [0.4, 0.5) is 10.1 Å². The number of ketones is 1. The fourth-order valence-corrected chi connectivity index (χ4v) is 4.58. The molecule has 0 bridgehead atoms. The highest BCUT2D eigenvalue weighted by Crippen LogP contribution is 2.45. The summed E-state index contributed by atoms with van der Waals surface area (Å²) in [7, 11) is 2.79. The van der Waals surface area contributed by atoms with Crippen molar-refractivity contribution in [3.8, 4) is 11.5 Å². The van der Waals surface area contributed by atoms with E-state index in [1.807, 2.05) is 19.1 Å². The van der Waals surface area contributed by atoms with Crippen LogP contribution in [-0.2, 0) is 16.0 Å². The minimum Gasteiger partial charge on any atom is -0.507 e. The monoisotopic (exact) mass is 529 g/mol. The lowest BCUT2D eigenvalue weighted by Gasteiger charge is -2.26. The Morgan fingerprint density at radius 2 is 1.64 bits per heavy atom. The molecular weight excluding hydrogens is 508 g/mol. The highest BCUT2D eigenvalue weighted by atomic mass is 35.5. The number of rotatable bonds is 6. The van der Waals surface area contributed by atoms with Crippen molar-refractivity contribution in [2.24, 2.45) is 0 Å². The number of aliphatic hydroxyl groups is 1. The third-order valence-electron chi connectivity index (χ3n) is 6.06. The van der Waals surface area contributed by atoms with Crippen LogP contribution in [0, 0.1) is 5.82 Å². The van der Waals surface area contributed by atoms with Gasteiger partial charge in [0.05, 0.1) is 41.4 Å². The molecule has 1 aliphatic heterocycles. The fourth-order valence-electron chi connectivity index (χ4n) is 4.18. The van der Waals surface area contributed by atoms with Gasteiger partial charge in [0.15, 0.2) is 0 Å². The summed E-state index contributed by atoms with van der Waals surface area (Å²) in [6, 6.07) is 12.9. The first kappa shape index (κ1) is 25.5. The zero-order valence-electron chi connectivity index (χ0n) is 19.6. The predicted molar refractivity (Wildman–Crippen MR) is 137 cm³/mol. The van der Waals surface area contributed by atoms with Gasteiger partial charge in [-0.25, -0.2) is 4.39 Å². The molecule has 6 nitrogen and oxygen atoms in total. The van der Waals surface area contributed by atoms with Gasteiger partial charge in [-0.1, -0.05) is 54.4 Å². The summed E-state index contributed by atoms with van der Waals surface area (Å²) in [4.78, 5) is 27.9. The molecule has 3 aromatic carbocycles. The number of benzene rings is 3. The summed E-state index contributed by atoms with van der Waals surface area (Å²) < 4.78 is 24.5. The number of hydrogen-bond acceptors (Lipinski definition) is 5. The van der Waals surface area contributed by atoms with Crippen molar-refractivity contribution in [1.82, 2.24) is 0 Å². The van der Waals surface area contributed by atoms with Gasteiger partial charge in [-0.05, 0) is 41.8 Å². The molecule has 0 aliphatic carbocycles. The Morgan fingerprint density at radius 3 is 2.22 bits per heavy atom. The number of aryl methyl sites for hydroxylation is 1. The third-order valence-corrected chi connectivity index (χ3v) is 6.64. The molecule has 1 unspecified atom stereocenters. The van der Waals surface area contributed by atoms with E-state index in [-0.39, 0.29) is 38.4 Å². The van der Waals surface area contributed by atoms with Crippen LogP contribution in [0.1, 0.15) is 29.7 Å². The highest BCUT2D eigenvalue weighted by molar-refractivity contribution is 6.52. The van der Waals surface area contributed by atoms with Crippen LogP contribution in [0.3, 0.4) is 0 Å². The number of halogens is 3. The van der Waals surface area contributed by atoms with Crippen LogP contribution in [0.25, 0.3) is 5.76 Å². The number of carbonyl (C=O) groups is 2. The zero-order chi connectivity index (χ0) is 26.1. The van der Waals surface area contributed by atoms with Crippen molar-refractivity contribution >= 4 is 46.3 Å². The van der Waals surface area contributed by atoms with Crippen molar-refractivity contribution in [1.29, 1.82) is 0 Å². The average molecular weight is 530 g/mol. The quantitative estimate of drug-likeness (QED) is 0.229. The van der Waals surface area contributed by atoms with Gasteiger partial charge in [0.2, 0.25) is 0 Å². The van der Waals surface area contributed by atoms with Crippen molar-refractivity contribution in [2.75, 3.05) is 19.1 Å². The third kappa shape index (κ3) is 4.40. The molecule has 0 aromatic heterocycles. The Hall–Kier alpha value is -3.55. The van der Waals surface area contributed by atoms with Crippen molar-refractivity contribution in [3.63, 3.8) is 0 Å². The molecular formula is C27H22Cl2FNO5. The van der Waals surface area contributed by atoms with Gasteiger partial charge in [0, 0.05) is 11.8 Å². The lowest BCUT2D eigenvalue weighted by atomic mass is 9.94. The average Bonchev–Trinajstić information content (AvgIpc) is 3.15. The molecule has 1 atom stereocenters. The molecule has 3 aromatic rings. The summed E-state index contributed by atoms with van der Waals surface area (Å²) in [5.74, 6) is -2.55. The van der Waals surface area contributed by atoms with Gasteiger partial charge in [-0.15, -0.1) is 0 Å². The van der Waals surface area contributed by atoms with Crippen molar-refractivity contribution in [3.05, 3.63) is 92.7 Å². The SMILES string of the molecule is CCc1ccc(C2/C(=C(\O)c3cc(OC)c(Cl)cc3OC)C(=O)C(=O)N2c2ccc(F)c(Cl)c2)cc1. The molecule has 0 spiro atoms. The molecule has 1 N–H and O–H groups in total. The van der Waals surface area contributed by atoms with E-state index in [1.165, 1.54) is 43.4 Å². The highest BCUT2D eigenvalue weighted by Gasteiger charge is 2.47. The molecule has 4 rings (SSSR count). The number of ether oxygens (including phenoxy) is 2. The first-order valence-corrected chi connectivity index (χ1v) is 11.7. The summed E-state index contributed by atoms with van der Waals surface area (Å²) in [6.45, 7) is 2.00. The Morgan fingerprint density at radius 1 is 0.972 bits per heavy atom. The Labute approximate surface area is 217 Å². The molecule has 1 aliphatic rings. The van der Waals surface area contributed by atoms with Crippen molar-refractivity contribution in [2.45, 2.75) is 19.4 Å². The normalized spacial score (nSPS) is 16.9. The second-order valence-electron chi connectivity index (χ2n) is 8.05.